The highest BCUT2D eigenvalue weighted by molar-refractivity contribution is 7.98. The molecule has 0 spiro atoms. The van der Waals surface area contributed by atoms with Crippen molar-refractivity contribution in [3.63, 3.8) is 0 Å². The molecule has 6 N–H and O–H groups in total. The second-order valence-corrected chi connectivity index (χ2v) is 9.32. The number of hydrogen-bond acceptors (Lipinski definition) is 6. The normalized spacial score (nSPS) is 15.2. The quantitative estimate of drug-likeness (QED) is 0.264. The summed E-state index contributed by atoms with van der Waals surface area (Å²) in [6.45, 7) is 8.99. The number of nitrogens with two attached hydrogens (primary N) is 1. The van der Waals surface area contributed by atoms with E-state index in [1.165, 1.54) is 6.92 Å². The third-order valence-corrected chi connectivity index (χ3v) is 5.02. The number of carboxylic acid groups (broad SMARTS) is 1. The smallest absolute Gasteiger partial charge is 0.325 e. The zero-order chi connectivity index (χ0) is 23.4. The van der Waals surface area contributed by atoms with Crippen molar-refractivity contribution in [2.24, 2.45) is 17.6 Å². The van der Waals surface area contributed by atoms with Gasteiger partial charge in [-0.05, 0) is 50.0 Å². The van der Waals surface area contributed by atoms with Crippen molar-refractivity contribution in [3.05, 3.63) is 0 Å². The molecule has 0 aliphatic carbocycles. The van der Waals surface area contributed by atoms with Gasteiger partial charge in [0, 0.05) is 0 Å². The van der Waals surface area contributed by atoms with E-state index in [1.54, 1.807) is 11.8 Å². The number of carbonyl (C=O) groups is 4. The Kier molecular flexibility index (Phi) is 13.4. The number of carboxylic acids is 1. The molecular weight excluding hydrogens is 408 g/mol. The van der Waals surface area contributed by atoms with Crippen molar-refractivity contribution < 1.29 is 24.3 Å². The van der Waals surface area contributed by atoms with Gasteiger partial charge in [0.05, 0.1) is 6.04 Å². The minimum Gasteiger partial charge on any atom is -0.480 e. The molecule has 0 heterocycles. The maximum Gasteiger partial charge on any atom is 0.325 e. The van der Waals surface area contributed by atoms with Gasteiger partial charge in [0.1, 0.15) is 18.1 Å². The van der Waals surface area contributed by atoms with Crippen LogP contribution in [0.1, 0.15) is 53.9 Å². The number of nitrogens with one attached hydrogen (secondary N) is 3. The molecule has 0 bridgehead atoms. The number of aliphatic carboxylic acids is 1. The molecule has 4 unspecified atom stereocenters. The predicted molar refractivity (Wildman–Crippen MR) is 119 cm³/mol. The SMILES string of the molecule is CSCCC(N)C(=O)NC(CC(C)C)C(=O)NC(CC(C)C)C(=O)NC(C)C(=O)O. The van der Waals surface area contributed by atoms with E-state index in [1.807, 2.05) is 34.0 Å². The summed E-state index contributed by atoms with van der Waals surface area (Å²) in [5, 5.41) is 16.8. The van der Waals surface area contributed by atoms with Gasteiger partial charge < -0.3 is 26.8 Å². The molecule has 0 saturated heterocycles. The summed E-state index contributed by atoms with van der Waals surface area (Å²) in [5.41, 5.74) is 5.90. The molecule has 0 radical (unpaired) electrons. The Bertz CT molecular complexity index is 586. The van der Waals surface area contributed by atoms with Crippen LogP contribution < -0.4 is 21.7 Å². The van der Waals surface area contributed by atoms with Crippen molar-refractivity contribution in [2.75, 3.05) is 12.0 Å². The molecule has 30 heavy (non-hydrogen) atoms. The van der Waals surface area contributed by atoms with Crippen LogP contribution in [0.4, 0.5) is 0 Å². The highest BCUT2D eigenvalue weighted by atomic mass is 32.2. The Balaban J connectivity index is 5.29. The molecule has 4 atom stereocenters. The summed E-state index contributed by atoms with van der Waals surface area (Å²) in [6, 6.07) is -3.54. The molecule has 0 rings (SSSR count). The largest absolute Gasteiger partial charge is 0.480 e. The van der Waals surface area contributed by atoms with Gasteiger partial charge in [-0.15, -0.1) is 0 Å². The first-order chi connectivity index (χ1) is 13.9. The minimum absolute atomic E-state index is 0.0827. The molecule has 10 heteroatoms. The van der Waals surface area contributed by atoms with E-state index in [0.29, 0.717) is 19.3 Å². The fraction of sp³-hybridized carbons (Fsp3) is 0.800. The lowest BCUT2D eigenvalue weighted by atomic mass is 9.99. The van der Waals surface area contributed by atoms with Crippen LogP contribution in [0.25, 0.3) is 0 Å². The average molecular weight is 447 g/mol. The number of carbonyl (C=O) groups excluding carboxylic acids is 3. The Labute approximate surface area is 183 Å². The molecule has 9 nitrogen and oxygen atoms in total. The summed E-state index contributed by atoms with van der Waals surface area (Å²) in [6.07, 6.45) is 3.13. The van der Waals surface area contributed by atoms with Crippen molar-refractivity contribution in [2.45, 2.75) is 78.0 Å². The summed E-state index contributed by atoms with van der Waals surface area (Å²) in [4.78, 5) is 48.8. The molecular formula is C20H38N4O5S. The van der Waals surface area contributed by atoms with Gasteiger partial charge in [0.25, 0.3) is 0 Å². The van der Waals surface area contributed by atoms with Crippen LogP contribution in [0, 0.1) is 11.8 Å². The summed E-state index contributed by atoms with van der Waals surface area (Å²) in [5.74, 6) is -1.70. The highest BCUT2D eigenvalue weighted by Crippen LogP contribution is 2.10. The lowest BCUT2D eigenvalue weighted by Crippen LogP contribution is -2.57. The second-order valence-electron chi connectivity index (χ2n) is 8.34. The Morgan fingerprint density at radius 1 is 0.833 bits per heavy atom. The lowest BCUT2D eigenvalue weighted by molar-refractivity contribution is -0.142. The van der Waals surface area contributed by atoms with E-state index < -0.39 is 47.9 Å². The molecule has 0 aromatic carbocycles. The number of amides is 3. The topological polar surface area (TPSA) is 151 Å². The van der Waals surface area contributed by atoms with Crippen molar-refractivity contribution in [3.8, 4) is 0 Å². The van der Waals surface area contributed by atoms with Crippen LogP contribution >= 0.6 is 11.8 Å². The van der Waals surface area contributed by atoms with Gasteiger partial charge >= 0.3 is 5.97 Å². The molecule has 0 saturated carbocycles. The van der Waals surface area contributed by atoms with Crippen LogP contribution in [0.15, 0.2) is 0 Å². The first kappa shape index (κ1) is 28.2. The van der Waals surface area contributed by atoms with Gasteiger partial charge in [0.15, 0.2) is 0 Å². The summed E-state index contributed by atoms with van der Waals surface area (Å²) in [7, 11) is 0. The Hall–Kier alpha value is -1.81. The van der Waals surface area contributed by atoms with Gasteiger partial charge in [-0.1, -0.05) is 27.7 Å². The third-order valence-electron chi connectivity index (χ3n) is 4.38. The lowest BCUT2D eigenvalue weighted by Gasteiger charge is -2.26. The third kappa shape index (κ3) is 11.4. The Morgan fingerprint density at radius 2 is 1.27 bits per heavy atom. The van der Waals surface area contributed by atoms with Crippen molar-refractivity contribution >= 4 is 35.5 Å². The summed E-state index contributed by atoms with van der Waals surface area (Å²) < 4.78 is 0. The molecule has 3 amide bonds. The molecule has 0 aromatic rings. The molecule has 0 fully saturated rings. The fourth-order valence-corrected chi connectivity index (χ4v) is 3.20. The van der Waals surface area contributed by atoms with E-state index in [4.69, 9.17) is 10.8 Å². The standard InChI is InChI=1S/C20H38N4O5S/c1-11(2)9-15(18(26)22-13(5)20(28)29)24-19(27)16(10-12(3)4)23-17(25)14(21)7-8-30-6/h11-16H,7-10,21H2,1-6H3,(H,22,26)(H,23,25)(H,24,27)(H,28,29). The van der Waals surface area contributed by atoms with E-state index in [0.717, 1.165) is 5.75 Å². The van der Waals surface area contributed by atoms with Gasteiger partial charge in [-0.2, -0.15) is 11.8 Å². The highest BCUT2D eigenvalue weighted by Gasteiger charge is 2.30. The number of thioether (sulfide) groups is 1. The molecule has 0 aliphatic rings. The van der Waals surface area contributed by atoms with Crippen LogP contribution in [-0.2, 0) is 19.2 Å². The van der Waals surface area contributed by atoms with Gasteiger partial charge in [-0.25, -0.2) is 0 Å². The van der Waals surface area contributed by atoms with Crippen LogP contribution in [-0.4, -0.2) is 65.0 Å². The fourth-order valence-electron chi connectivity index (χ4n) is 2.71. The number of hydrogen-bond donors (Lipinski definition) is 5. The maximum atomic E-state index is 12.9. The Morgan fingerprint density at radius 3 is 1.67 bits per heavy atom. The average Bonchev–Trinajstić information content (AvgIpc) is 2.63. The first-order valence-corrected chi connectivity index (χ1v) is 11.7. The molecule has 174 valence electrons. The van der Waals surface area contributed by atoms with Gasteiger partial charge in [-0.3, -0.25) is 19.2 Å². The molecule has 0 aromatic heterocycles. The number of rotatable bonds is 14. The zero-order valence-corrected chi connectivity index (χ0v) is 19.7. The van der Waals surface area contributed by atoms with Crippen molar-refractivity contribution in [1.29, 1.82) is 0 Å². The van der Waals surface area contributed by atoms with Crippen LogP contribution in [0.3, 0.4) is 0 Å². The predicted octanol–water partition coefficient (Wildman–Crippen LogP) is 0.718. The summed E-state index contributed by atoms with van der Waals surface area (Å²) >= 11 is 1.58. The van der Waals surface area contributed by atoms with Crippen LogP contribution in [0.2, 0.25) is 0 Å². The van der Waals surface area contributed by atoms with Gasteiger partial charge in [0.2, 0.25) is 17.7 Å². The van der Waals surface area contributed by atoms with Crippen molar-refractivity contribution in [1.82, 2.24) is 16.0 Å². The van der Waals surface area contributed by atoms with E-state index in [-0.39, 0.29) is 11.8 Å². The maximum absolute atomic E-state index is 12.9. The monoisotopic (exact) mass is 446 g/mol. The zero-order valence-electron chi connectivity index (χ0n) is 18.9. The van der Waals surface area contributed by atoms with Crippen LogP contribution in [0.5, 0.6) is 0 Å². The van der Waals surface area contributed by atoms with E-state index in [9.17, 15) is 19.2 Å². The minimum atomic E-state index is -1.16. The second kappa shape index (κ2) is 14.2. The molecule has 0 aliphatic heterocycles. The van der Waals surface area contributed by atoms with E-state index in [2.05, 4.69) is 16.0 Å². The van der Waals surface area contributed by atoms with E-state index >= 15 is 0 Å². The first-order valence-electron chi connectivity index (χ1n) is 10.3.